The molecule has 0 bridgehead atoms. The van der Waals surface area contributed by atoms with Gasteiger partial charge in [-0.3, -0.25) is 0 Å². The van der Waals surface area contributed by atoms with Crippen molar-refractivity contribution in [3.8, 4) is 11.3 Å². The van der Waals surface area contributed by atoms with E-state index in [1.807, 2.05) is 6.07 Å². The Morgan fingerprint density at radius 3 is 2.53 bits per heavy atom. The largest absolute Gasteiger partial charge is 0.490 e. The van der Waals surface area contributed by atoms with Crippen LogP contribution in [-0.4, -0.2) is 35.0 Å². The Kier molecular flexibility index (Phi) is 7.99. The van der Waals surface area contributed by atoms with Gasteiger partial charge in [-0.05, 0) is 54.0 Å². The molecule has 1 aliphatic carbocycles. The average molecular weight is 478 g/mol. The predicted octanol–water partition coefficient (Wildman–Crippen LogP) is 5.37. The number of nitrogens with one attached hydrogen (secondary N) is 1. The number of hydrogen-bond acceptors (Lipinski definition) is 5. The molecule has 0 saturated heterocycles. The molecule has 6 nitrogen and oxygen atoms in total. The summed E-state index contributed by atoms with van der Waals surface area (Å²) in [4.78, 5) is 8.90. The molecule has 0 spiro atoms. The molecule has 3 aromatic rings. The van der Waals surface area contributed by atoms with Gasteiger partial charge in [0.1, 0.15) is 0 Å². The number of rotatable bonds is 5. The van der Waals surface area contributed by atoms with Crippen LogP contribution >= 0.6 is 0 Å². The van der Waals surface area contributed by atoms with E-state index in [4.69, 9.17) is 20.2 Å². The molecule has 2 unspecified atom stereocenters. The van der Waals surface area contributed by atoms with Gasteiger partial charge in [0.25, 0.3) is 0 Å². The van der Waals surface area contributed by atoms with E-state index in [1.54, 1.807) is 0 Å². The van der Waals surface area contributed by atoms with Crippen LogP contribution in [0.25, 0.3) is 22.1 Å². The molecule has 0 aliphatic heterocycles. The maximum absolute atomic E-state index is 10.6. The van der Waals surface area contributed by atoms with Crippen molar-refractivity contribution >= 4 is 16.7 Å². The van der Waals surface area contributed by atoms with E-state index >= 15 is 0 Å². The van der Waals surface area contributed by atoms with Crippen molar-refractivity contribution in [2.45, 2.75) is 51.9 Å². The van der Waals surface area contributed by atoms with Crippen molar-refractivity contribution in [1.82, 2.24) is 10.5 Å². The normalized spacial score (nSPS) is 19.9. The lowest BCUT2D eigenvalue weighted by molar-refractivity contribution is -0.192. The van der Waals surface area contributed by atoms with Gasteiger partial charge in [-0.25, -0.2) is 4.79 Å². The van der Waals surface area contributed by atoms with Crippen molar-refractivity contribution in [2.75, 3.05) is 6.54 Å². The molecular formula is C25H30F3N3O3. The summed E-state index contributed by atoms with van der Waals surface area (Å²) in [6.45, 7) is 6.15. The van der Waals surface area contributed by atoms with Gasteiger partial charge in [0, 0.05) is 24.2 Å². The number of carboxylic acids is 1. The number of halogens is 3. The number of aliphatic carboxylic acids is 1. The van der Waals surface area contributed by atoms with Crippen LogP contribution in [0.15, 0.2) is 53.1 Å². The van der Waals surface area contributed by atoms with Gasteiger partial charge in [0.2, 0.25) is 0 Å². The lowest BCUT2D eigenvalue weighted by atomic mass is 9.70. The van der Waals surface area contributed by atoms with E-state index in [2.05, 4.69) is 66.8 Å². The summed E-state index contributed by atoms with van der Waals surface area (Å²) in [5.41, 5.74) is 8.44. The third kappa shape index (κ3) is 6.80. The molecule has 1 heterocycles. The zero-order valence-electron chi connectivity index (χ0n) is 19.2. The SMILES string of the molecule is CC1(C)CCC(NCc2cc(-c3ccc4ccccc4c3)on2)C(CN)C1.O=C(O)C(F)(F)F. The van der Waals surface area contributed by atoms with Gasteiger partial charge in [-0.15, -0.1) is 0 Å². The van der Waals surface area contributed by atoms with Gasteiger partial charge < -0.3 is 20.7 Å². The lowest BCUT2D eigenvalue weighted by Crippen LogP contribution is -2.45. The number of nitrogens with zero attached hydrogens (tertiary/aromatic N) is 1. The monoisotopic (exact) mass is 477 g/mol. The highest BCUT2D eigenvalue weighted by Gasteiger charge is 2.38. The number of carboxylic acid groups (broad SMARTS) is 1. The fraction of sp³-hybridized carbons (Fsp3) is 0.440. The van der Waals surface area contributed by atoms with Crippen LogP contribution in [0.5, 0.6) is 0 Å². The summed E-state index contributed by atoms with van der Waals surface area (Å²) in [5.74, 6) is -1.41. The highest BCUT2D eigenvalue weighted by Crippen LogP contribution is 2.38. The Bertz CT molecular complexity index is 1110. The van der Waals surface area contributed by atoms with E-state index in [-0.39, 0.29) is 0 Å². The Hall–Kier alpha value is -2.91. The number of fused-ring (bicyclic) bond motifs is 1. The Morgan fingerprint density at radius 1 is 1.21 bits per heavy atom. The van der Waals surface area contributed by atoms with Crippen molar-refractivity contribution in [1.29, 1.82) is 0 Å². The van der Waals surface area contributed by atoms with Crippen LogP contribution in [0.2, 0.25) is 0 Å². The molecule has 1 saturated carbocycles. The number of carbonyl (C=O) groups is 1. The lowest BCUT2D eigenvalue weighted by Gasteiger charge is -2.40. The molecule has 2 atom stereocenters. The number of hydrogen-bond donors (Lipinski definition) is 3. The Morgan fingerprint density at radius 2 is 1.88 bits per heavy atom. The van der Waals surface area contributed by atoms with E-state index in [0.717, 1.165) is 30.1 Å². The second-order valence-corrected chi connectivity index (χ2v) is 9.44. The Balaban J connectivity index is 0.000000406. The van der Waals surface area contributed by atoms with Crippen molar-refractivity contribution in [3.05, 3.63) is 54.2 Å². The van der Waals surface area contributed by atoms with E-state index in [9.17, 15) is 13.2 Å². The zero-order valence-corrected chi connectivity index (χ0v) is 19.2. The molecule has 1 aromatic heterocycles. The first-order valence-electron chi connectivity index (χ1n) is 11.2. The van der Waals surface area contributed by atoms with Crippen molar-refractivity contribution in [2.24, 2.45) is 17.1 Å². The van der Waals surface area contributed by atoms with E-state index in [0.29, 0.717) is 17.4 Å². The molecule has 34 heavy (non-hydrogen) atoms. The summed E-state index contributed by atoms with van der Waals surface area (Å²) in [5, 5.41) is 17.5. The summed E-state index contributed by atoms with van der Waals surface area (Å²) < 4.78 is 37.3. The molecule has 9 heteroatoms. The molecule has 2 aromatic carbocycles. The number of benzene rings is 2. The maximum Gasteiger partial charge on any atom is 0.490 e. The minimum Gasteiger partial charge on any atom is -0.475 e. The van der Waals surface area contributed by atoms with Crippen LogP contribution < -0.4 is 11.1 Å². The highest BCUT2D eigenvalue weighted by atomic mass is 19.4. The highest BCUT2D eigenvalue weighted by molar-refractivity contribution is 5.86. The fourth-order valence-electron chi connectivity index (χ4n) is 4.36. The summed E-state index contributed by atoms with van der Waals surface area (Å²) in [7, 11) is 0. The first-order chi connectivity index (χ1) is 16.0. The van der Waals surface area contributed by atoms with Gasteiger partial charge in [-0.1, -0.05) is 55.4 Å². The third-order valence-corrected chi connectivity index (χ3v) is 6.20. The molecule has 1 fully saturated rings. The first-order valence-corrected chi connectivity index (χ1v) is 11.2. The fourth-order valence-corrected chi connectivity index (χ4v) is 4.36. The van der Waals surface area contributed by atoms with Crippen LogP contribution in [0.1, 0.15) is 38.8 Å². The predicted molar refractivity (Wildman–Crippen MR) is 124 cm³/mol. The van der Waals surface area contributed by atoms with Gasteiger partial charge in [-0.2, -0.15) is 13.2 Å². The Labute approximate surface area is 196 Å². The number of nitrogens with two attached hydrogens (primary N) is 1. The molecule has 1 aliphatic rings. The topological polar surface area (TPSA) is 101 Å². The molecule has 4 rings (SSSR count). The average Bonchev–Trinajstić information content (AvgIpc) is 3.26. The van der Waals surface area contributed by atoms with E-state index in [1.165, 1.54) is 30.0 Å². The van der Waals surface area contributed by atoms with Gasteiger partial charge >= 0.3 is 12.1 Å². The summed E-state index contributed by atoms with van der Waals surface area (Å²) in [6, 6.07) is 17.2. The maximum atomic E-state index is 10.6. The van der Waals surface area contributed by atoms with E-state index < -0.39 is 12.1 Å². The molecule has 4 N–H and O–H groups in total. The number of aromatic nitrogens is 1. The zero-order chi connectivity index (χ0) is 24.9. The molecule has 0 radical (unpaired) electrons. The number of alkyl halides is 3. The minimum atomic E-state index is -5.08. The second-order valence-electron chi connectivity index (χ2n) is 9.44. The van der Waals surface area contributed by atoms with Crippen LogP contribution in [0.3, 0.4) is 0 Å². The molecule has 0 amide bonds. The van der Waals surface area contributed by atoms with Gasteiger partial charge in [0.05, 0.1) is 5.69 Å². The third-order valence-electron chi connectivity index (χ3n) is 6.20. The molecular weight excluding hydrogens is 447 g/mol. The van der Waals surface area contributed by atoms with Crippen LogP contribution in [0, 0.1) is 11.3 Å². The van der Waals surface area contributed by atoms with Crippen LogP contribution in [-0.2, 0) is 11.3 Å². The summed E-state index contributed by atoms with van der Waals surface area (Å²) >= 11 is 0. The van der Waals surface area contributed by atoms with Crippen molar-refractivity contribution < 1.29 is 27.6 Å². The van der Waals surface area contributed by atoms with Gasteiger partial charge in [0.15, 0.2) is 5.76 Å². The van der Waals surface area contributed by atoms with Crippen LogP contribution in [0.4, 0.5) is 13.2 Å². The summed E-state index contributed by atoms with van der Waals surface area (Å²) in [6.07, 6.45) is -1.49. The minimum absolute atomic E-state index is 0.402. The van der Waals surface area contributed by atoms with Crippen molar-refractivity contribution in [3.63, 3.8) is 0 Å². The smallest absolute Gasteiger partial charge is 0.475 e. The second kappa shape index (κ2) is 10.6. The quantitative estimate of drug-likeness (QED) is 0.457. The molecule has 184 valence electrons. The standard InChI is InChI=1S/C23H29N3O.C2HF3O2/c1-23(2)10-9-21(19(13-23)14-24)25-15-20-12-22(27-26-20)18-8-7-16-5-3-4-6-17(16)11-18;3-2(4,5)1(6)7/h3-8,11-12,19,21,25H,9-10,13-15,24H2,1-2H3;(H,6,7). The first kappa shape index (κ1) is 25.7.